The molecule has 1 rings (SSSR count). The van der Waals surface area contributed by atoms with Crippen molar-refractivity contribution in [1.29, 1.82) is 0 Å². The van der Waals surface area contributed by atoms with Gasteiger partial charge in [0.1, 0.15) is 0 Å². The van der Waals surface area contributed by atoms with Crippen LogP contribution in [0.4, 0.5) is 0 Å². The van der Waals surface area contributed by atoms with E-state index in [1.165, 1.54) is 6.42 Å². The zero-order chi connectivity index (χ0) is 12.0. The van der Waals surface area contributed by atoms with Crippen LogP contribution >= 0.6 is 0 Å². The molecule has 0 aromatic heterocycles. The molecule has 2 atom stereocenters. The Morgan fingerprint density at radius 1 is 1.50 bits per heavy atom. The van der Waals surface area contributed by atoms with E-state index in [9.17, 15) is 4.79 Å². The molecule has 2 N–H and O–H groups in total. The van der Waals surface area contributed by atoms with E-state index in [0.717, 1.165) is 26.1 Å². The quantitative estimate of drug-likeness (QED) is 0.716. The van der Waals surface area contributed by atoms with Crippen molar-refractivity contribution < 1.29 is 9.90 Å². The van der Waals surface area contributed by atoms with Gasteiger partial charge in [0, 0.05) is 25.7 Å². The minimum absolute atomic E-state index is 0.257. The summed E-state index contributed by atoms with van der Waals surface area (Å²) in [4.78, 5) is 12.8. The molecule has 94 valence electrons. The predicted molar refractivity (Wildman–Crippen MR) is 64.6 cm³/mol. The number of carboxylic acid groups (broad SMARTS) is 1. The third kappa shape index (κ3) is 4.94. The Morgan fingerprint density at radius 2 is 2.25 bits per heavy atom. The first-order chi connectivity index (χ1) is 7.61. The van der Waals surface area contributed by atoms with Crippen molar-refractivity contribution in [1.82, 2.24) is 10.2 Å². The fourth-order valence-corrected chi connectivity index (χ4v) is 2.39. The number of aliphatic carboxylic acids is 1. The van der Waals surface area contributed by atoms with Crippen molar-refractivity contribution >= 4 is 5.97 Å². The fraction of sp³-hybridized carbons (Fsp3) is 0.917. The summed E-state index contributed by atoms with van der Waals surface area (Å²) in [6.07, 6.45) is 2.62. The number of piperidine rings is 1. The second-order valence-corrected chi connectivity index (χ2v) is 4.90. The third-order valence-corrected chi connectivity index (χ3v) is 3.06. The summed E-state index contributed by atoms with van der Waals surface area (Å²) in [7, 11) is 0. The van der Waals surface area contributed by atoms with Gasteiger partial charge in [-0.3, -0.25) is 4.79 Å². The first kappa shape index (κ1) is 13.5. The second kappa shape index (κ2) is 6.86. The Hall–Kier alpha value is -0.610. The van der Waals surface area contributed by atoms with Crippen molar-refractivity contribution in [3.63, 3.8) is 0 Å². The van der Waals surface area contributed by atoms with Crippen LogP contribution in [0.5, 0.6) is 0 Å². The van der Waals surface area contributed by atoms with Gasteiger partial charge in [0.2, 0.25) is 0 Å². The summed E-state index contributed by atoms with van der Waals surface area (Å²) in [6, 6.07) is 0.539. The van der Waals surface area contributed by atoms with E-state index in [-0.39, 0.29) is 6.42 Å². The summed E-state index contributed by atoms with van der Waals surface area (Å²) < 4.78 is 0. The van der Waals surface area contributed by atoms with E-state index in [1.807, 2.05) is 0 Å². The Labute approximate surface area is 98.0 Å². The standard InChI is InChI=1S/C12H24N2O2/c1-3-5-13-11-7-10(2)8-14(9-11)6-4-12(15)16/h10-11,13H,3-9H2,1-2H3,(H,15,16). The first-order valence-electron chi connectivity index (χ1n) is 6.29. The van der Waals surface area contributed by atoms with E-state index in [0.29, 0.717) is 18.5 Å². The minimum atomic E-state index is -0.698. The predicted octanol–water partition coefficient (Wildman–Crippen LogP) is 1.17. The molecule has 0 aromatic rings. The maximum Gasteiger partial charge on any atom is 0.304 e. The molecule has 1 aliphatic heterocycles. The highest BCUT2D eigenvalue weighted by molar-refractivity contribution is 5.66. The fourth-order valence-electron chi connectivity index (χ4n) is 2.39. The Morgan fingerprint density at radius 3 is 2.88 bits per heavy atom. The third-order valence-electron chi connectivity index (χ3n) is 3.06. The molecule has 16 heavy (non-hydrogen) atoms. The van der Waals surface area contributed by atoms with Crippen LogP contribution in [0.25, 0.3) is 0 Å². The SMILES string of the molecule is CCCNC1CC(C)CN(CCC(=O)O)C1. The Kier molecular flexibility index (Phi) is 5.77. The summed E-state index contributed by atoms with van der Waals surface area (Å²) in [5, 5.41) is 12.2. The lowest BCUT2D eigenvalue weighted by atomic mass is 9.95. The van der Waals surface area contributed by atoms with E-state index < -0.39 is 5.97 Å². The molecule has 4 nitrogen and oxygen atoms in total. The molecule has 4 heteroatoms. The molecule has 0 amide bonds. The number of hydrogen-bond acceptors (Lipinski definition) is 3. The van der Waals surface area contributed by atoms with Crippen molar-refractivity contribution in [2.45, 2.75) is 39.2 Å². The van der Waals surface area contributed by atoms with Gasteiger partial charge in [0.15, 0.2) is 0 Å². The Bertz CT molecular complexity index is 221. The van der Waals surface area contributed by atoms with Gasteiger partial charge in [-0.15, -0.1) is 0 Å². The van der Waals surface area contributed by atoms with Crippen LogP contribution in [-0.2, 0) is 4.79 Å². The number of carbonyl (C=O) groups is 1. The average Bonchev–Trinajstić information content (AvgIpc) is 2.23. The van der Waals surface area contributed by atoms with Gasteiger partial charge in [-0.2, -0.15) is 0 Å². The maximum absolute atomic E-state index is 10.5. The van der Waals surface area contributed by atoms with Crippen molar-refractivity contribution in [2.24, 2.45) is 5.92 Å². The largest absolute Gasteiger partial charge is 0.481 e. The van der Waals surface area contributed by atoms with Crippen LogP contribution in [0.2, 0.25) is 0 Å². The highest BCUT2D eigenvalue weighted by Crippen LogP contribution is 2.16. The van der Waals surface area contributed by atoms with Crippen molar-refractivity contribution in [3.05, 3.63) is 0 Å². The maximum atomic E-state index is 10.5. The number of nitrogens with one attached hydrogen (secondary N) is 1. The van der Waals surface area contributed by atoms with Gasteiger partial charge in [-0.25, -0.2) is 0 Å². The lowest BCUT2D eigenvalue weighted by Gasteiger charge is -2.36. The van der Waals surface area contributed by atoms with Gasteiger partial charge >= 0.3 is 5.97 Å². The topological polar surface area (TPSA) is 52.6 Å². The molecule has 1 saturated heterocycles. The number of carboxylic acids is 1. The van der Waals surface area contributed by atoms with Crippen LogP contribution in [0.3, 0.4) is 0 Å². The van der Waals surface area contributed by atoms with E-state index >= 15 is 0 Å². The van der Waals surface area contributed by atoms with Gasteiger partial charge in [0.05, 0.1) is 6.42 Å². The van der Waals surface area contributed by atoms with Crippen LogP contribution in [0.1, 0.15) is 33.1 Å². The van der Waals surface area contributed by atoms with Crippen LogP contribution < -0.4 is 5.32 Å². The molecule has 1 aliphatic rings. The number of nitrogens with zero attached hydrogens (tertiary/aromatic N) is 1. The molecular weight excluding hydrogens is 204 g/mol. The highest BCUT2D eigenvalue weighted by atomic mass is 16.4. The smallest absolute Gasteiger partial charge is 0.304 e. The second-order valence-electron chi connectivity index (χ2n) is 4.90. The van der Waals surface area contributed by atoms with Gasteiger partial charge in [-0.05, 0) is 25.3 Å². The monoisotopic (exact) mass is 228 g/mol. The summed E-state index contributed by atoms with van der Waals surface area (Å²) in [5.41, 5.74) is 0. The zero-order valence-corrected chi connectivity index (χ0v) is 10.4. The Balaban J connectivity index is 2.32. The molecule has 0 aliphatic carbocycles. The minimum Gasteiger partial charge on any atom is -0.481 e. The van der Waals surface area contributed by atoms with Crippen LogP contribution in [-0.4, -0.2) is 48.2 Å². The average molecular weight is 228 g/mol. The van der Waals surface area contributed by atoms with Crippen molar-refractivity contribution in [3.8, 4) is 0 Å². The van der Waals surface area contributed by atoms with E-state index in [4.69, 9.17) is 5.11 Å². The summed E-state index contributed by atoms with van der Waals surface area (Å²) in [6.45, 7) is 8.19. The molecule has 0 bridgehead atoms. The molecule has 0 aromatic carbocycles. The molecule has 2 unspecified atom stereocenters. The molecule has 1 heterocycles. The molecule has 0 spiro atoms. The van der Waals surface area contributed by atoms with Gasteiger partial charge < -0.3 is 15.3 Å². The molecule has 0 saturated carbocycles. The molecule has 0 radical (unpaired) electrons. The first-order valence-corrected chi connectivity index (χ1v) is 6.29. The highest BCUT2D eigenvalue weighted by Gasteiger charge is 2.24. The summed E-state index contributed by atoms with van der Waals surface area (Å²) in [5.74, 6) is -0.0341. The van der Waals surface area contributed by atoms with Gasteiger partial charge in [0.25, 0.3) is 0 Å². The van der Waals surface area contributed by atoms with Crippen LogP contribution in [0.15, 0.2) is 0 Å². The van der Waals surface area contributed by atoms with Crippen molar-refractivity contribution in [2.75, 3.05) is 26.2 Å². The van der Waals surface area contributed by atoms with E-state index in [1.54, 1.807) is 0 Å². The van der Waals surface area contributed by atoms with Crippen LogP contribution in [0, 0.1) is 5.92 Å². The van der Waals surface area contributed by atoms with Gasteiger partial charge in [-0.1, -0.05) is 13.8 Å². The normalized spacial score (nSPS) is 26.9. The summed E-state index contributed by atoms with van der Waals surface area (Å²) >= 11 is 0. The lowest BCUT2D eigenvalue weighted by Crippen LogP contribution is -2.49. The number of rotatable bonds is 6. The zero-order valence-electron chi connectivity index (χ0n) is 10.4. The molecular formula is C12H24N2O2. The number of hydrogen-bond donors (Lipinski definition) is 2. The lowest BCUT2D eigenvalue weighted by molar-refractivity contribution is -0.137. The number of likely N-dealkylation sites (tertiary alicyclic amines) is 1. The molecule has 1 fully saturated rings. The van der Waals surface area contributed by atoms with E-state index in [2.05, 4.69) is 24.1 Å².